The van der Waals surface area contributed by atoms with Crippen LogP contribution in [0.4, 0.5) is 0 Å². The van der Waals surface area contributed by atoms with Gasteiger partial charge in [-0.1, -0.05) is 45.8 Å². The largest absolute Gasteiger partial charge is 0.459 e. The van der Waals surface area contributed by atoms with Gasteiger partial charge in [-0.15, -0.1) is 0 Å². The zero-order valence-electron chi connectivity index (χ0n) is 21.1. The highest BCUT2D eigenvalue weighted by Crippen LogP contribution is 2.66. The highest BCUT2D eigenvalue weighted by Gasteiger charge is 2.62. The fourth-order valence-electron chi connectivity index (χ4n) is 8.91. The topological polar surface area (TPSA) is 63.6 Å². The first-order chi connectivity index (χ1) is 15.5. The van der Waals surface area contributed by atoms with Crippen LogP contribution >= 0.6 is 0 Å². The van der Waals surface area contributed by atoms with Crippen LogP contribution in [0.25, 0.3) is 0 Å². The van der Waals surface area contributed by atoms with E-state index in [9.17, 15) is 14.7 Å². The first-order valence-corrected chi connectivity index (χ1v) is 13.4. The number of allylic oxidation sites excluding steroid dienone is 1. The lowest BCUT2D eigenvalue weighted by atomic mass is 9.46. The lowest BCUT2D eigenvalue weighted by molar-refractivity contribution is -0.150. The molecule has 3 saturated carbocycles. The number of esters is 1. The minimum Gasteiger partial charge on any atom is -0.459 e. The van der Waals surface area contributed by atoms with Gasteiger partial charge < -0.3 is 9.84 Å². The number of ketones is 1. The van der Waals surface area contributed by atoms with Crippen LogP contribution in [0.3, 0.4) is 0 Å². The minimum atomic E-state index is -0.290. The maximum absolute atomic E-state index is 13.5. The molecule has 0 radical (unpaired) electrons. The number of hydrogen-bond acceptors (Lipinski definition) is 4. The first kappa shape index (κ1) is 23.3. The summed E-state index contributed by atoms with van der Waals surface area (Å²) in [6, 6.07) is 0. The van der Waals surface area contributed by atoms with Crippen molar-refractivity contribution in [1.82, 2.24) is 0 Å². The Morgan fingerprint density at radius 1 is 0.970 bits per heavy atom. The Labute approximate surface area is 199 Å². The Balaban J connectivity index is 1.40. The highest BCUT2D eigenvalue weighted by atomic mass is 16.5. The van der Waals surface area contributed by atoms with Crippen LogP contribution in [0.2, 0.25) is 0 Å². The van der Waals surface area contributed by atoms with Crippen molar-refractivity contribution in [3.05, 3.63) is 23.3 Å². The summed E-state index contributed by atoms with van der Waals surface area (Å²) in [5.41, 5.74) is 2.61. The summed E-state index contributed by atoms with van der Waals surface area (Å²) in [6.45, 7) is 11.4. The normalized spacial score (nSPS) is 46.0. The third kappa shape index (κ3) is 3.58. The predicted molar refractivity (Wildman–Crippen MR) is 128 cm³/mol. The second kappa shape index (κ2) is 8.07. The summed E-state index contributed by atoms with van der Waals surface area (Å²) in [4.78, 5) is 25.8. The molecule has 0 amide bonds. The summed E-state index contributed by atoms with van der Waals surface area (Å²) in [5.74, 6) is 2.22. The average Bonchev–Trinajstić information content (AvgIpc) is 3.11. The number of aliphatic hydroxyl groups excluding tert-OH is 1. The van der Waals surface area contributed by atoms with Crippen molar-refractivity contribution >= 4 is 11.8 Å². The van der Waals surface area contributed by atoms with Crippen LogP contribution in [0.1, 0.15) is 86.0 Å². The molecule has 4 heteroatoms. The fraction of sp³-hybridized carbons (Fsp3) is 0.793. The van der Waals surface area contributed by atoms with Crippen molar-refractivity contribution in [1.29, 1.82) is 0 Å². The van der Waals surface area contributed by atoms with E-state index in [4.69, 9.17) is 4.74 Å². The van der Waals surface area contributed by atoms with Gasteiger partial charge in [-0.2, -0.15) is 0 Å². The summed E-state index contributed by atoms with van der Waals surface area (Å²) < 4.78 is 5.87. The van der Waals surface area contributed by atoms with Gasteiger partial charge >= 0.3 is 5.97 Å². The maximum Gasteiger partial charge on any atom is 0.331 e. The van der Waals surface area contributed by atoms with Gasteiger partial charge in [0.15, 0.2) is 5.78 Å². The van der Waals surface area contributed by atoms with Gasteiger partial charge in [0.2, 0.25) is 0 Å². The van der Waals surface area contributed by atoms with Gasteiger partial charge in [-0.25, -0.2) is 4.79 Å². The molecule has 1 aliphatic heterocycles. The average molecular weight is 455 g/mol. The number of rotatable bonds is 3. The SMILES string of the molecule is CC(C)C1=CC(=O)O[C@H]([C@@H](C)[C@H]2CC[C@@H]3[C@H]4C(=O)C=C5C[C@H](O)CC[C@]5(C)[C@H]4CC[C@]23C)C1. The Kier molecular flexibility index (Phi) is 5.70. The minimum absolute atomic E-state index is 0.0518. The second-order valence-electron chi connectivity index (χ2n) is 12.8. The van der Waals surface area contributed by atoms with Gasteiger partial charge in [0.1, 0.15) is 6.10 Å². The molecule has 5 aliphatic rings. The number of hydrogen-bond donors (Lipinski definition) is 1. The van der Waals surface area contributed by atoms with Gasteiger partial charge in [0.25, 0.3) is 0 Å². The van der Waals surface area contributed by atoms with Gasteiger partial charge in [-0.3, -0.25) is 4.79 Å². The smallest absolute Gasteiger partial charge is 0.331 e. The third-order valence-electron chi connectivity index (χ3n) is 11.0. The molecule has 5 rings (SSSR count). The Morgan fingerprint density at radius 2 is 1.73 bits per heavy atom. The molecule has 182 valence electrons. The van der Waals surface area contributed by atoms with Crippen molar-refractivity contribution in [3.8, 4) is 0 Å². The Bertz CT molecular complexity index is 899. The van der Waals surface area contributed by atoms with Crippen molar-refractivity contribution in [2.24, 2.45) is 46.3 Å². The van der Waals surface area contributed by atoms with E-state index < -0.39 is 0 Å². The van der Waals surface area contributed by atoms with E-state index >= 15 is 0 Å². The molecular weight excluding hydrogens is 412 g/mol. The molecule has 0 aromatic rings. The van der Waals surface area contributed by atoms with E-state index in [1.807, 2.05) is 6.08 Å². The molecule has 0 aromatic heterocycles. The van der Waals surface area contributed by atoms with Gasteiger partial charge in [0, 0.05) is 18.4 Å². The zero-order chi connectivity index (χ0) is 23.7. The fourth-order valence-corrected chi connectivity index (χ4v) is 8.91. The lowest BCUT2D eigenvalue weighted by Crippen LogP contribution is -2.54. The summed E-state index contributed by atoms with van der Waals surface area (Å²) in [6.07, 6.45) is 11.1. The number of carbonyl (C=O) groups is 2. The van der Waals surface area contributed by atoms with Gasteiger partial charge in [0.05, 0.1) is 6.10 Å². The molecule has 1 heterocycles. The summed E-state index contributed by atoms with van der Waals surface area (Å²) in [5, 5.41) is 10.2. The van der Waals surface area contributed by atoms with E-state index in [0.29, 0.717) is 41.8 Å². The molecule has 0 spiro atoms. The molecule has 0 aromatic carbocycles. The standard InChI is InChI=1S/C29H42O4/c1-16(2)18-12-25(33-26(32)13-18)17(3)21-6-7-22-27-23(9-11-29(21,22)5)28(4)10-8-20(30)14-19(28)15-24(27)31/h13,15-17,20-23,25,27,30H,6-12,14H2,1-5H3/t17-,20+,21+,22+,23-,25-,27+,28-,29+/m0/s1. The second-order valence-corrected chi connectivity index (χ2v) is 12.8. The van der Waals surface area contributed by atoms with Crippen LogP contribution in [0.15, 0.2) is 23.3 Å². The monoisotopic (exact) mass is 454 g/mol. The maximum atomic E-state index is 13.5. The summed E-state index contributed by atoms with van der Waals surface area (Å²) in [7, 11) is 0. The number of carbonyl (C=O) groups excluding carboxylic acids is 2. The lowest BCUT2D eigenvalue weighted by Gasteiger charge is -2.57. The van der Waals surface area contributed by atoms with Crippen molar-refractivity contribution < 1.29 is 19.4 Å². The number of aliphatic hydroxyl groups is 1. The zero-order valence-corrected chi connectivity index (χ0v) is 21.1. The molecular formula is C29H42O4. The Morgan fingerprint density at radius 3 is 2.45 bits per heavy atom. The molecule has 9 atom stereocenters. The highest BCUT2D eigenvalue weighted by molar-refractivity contribution is 5.94. The number of fused-ring (bicyclic) bond motifs is 5. The molecule has 0 bridgehead atoms. The molecule has 1 N–H and O–H groups in total. The molecule has 0 unspecified atom stereocenters. The molecule has 3 fully saturated rings. The molecule has 4 aliphatic carbocycles. The van der Waals surface area contributed by atoms with Crippen LogP contribution < -0.4 is 0 Å². The van der Waals surface area contributed by atoms with Crippen LogP contribution in [0.5, 0.6) is 0 Å². The van der Waals surface area contributed by atoms with E-state index in [0.717, 1.165) is 44.9 Å². The first-order valence-electron chi connectivity index (χ1n) is 13.4. The van der Waals surface area contributed by atoms with E-state index in [1.165, 1.54) is 11.1 Å². The molecule has 0 saturated heterocycles. The Hall–Kier alpha value is -1.42. The van der Waals surface area contributed by atoms with Crippen molar-refractivity contribution in [3.63, 3.8) is 0 Å². The van der Waals surface area contributed by atoms with Crippen molar-refractivity contribution in [2.45, 2.75) is 98.2 Å². The van der Waals surface area contributed by atoms with Crippen LogP contribution in [-0.2, 0) is 14.3 Å². The van der Waals surface area contributed by atoms with Crippen molar-refractivity contribution in [2.75, 3.05) is 0 Å². The molecule has 4 nitrogen and oxygen atoms in total. The molecule has 33 heavy (non-hydrogen) atoms. The van der Waals surface area contributed by atoms with E-state index in [-0.39, 0.29) is 34.9 Å². The van der Waals surface area contributed by atoms with Gasteiger partial charge in [-0.05, 0) is 91.4 Å². The summed E-state index contributed by atoms with van der Waals surface area (Å²) >= 11 is 0. The third-order valence-corrected chi connectivity index (χ3v) is 11.0. The number of ether oxygens (including phenoxy) is 1. The van der Waals surface area contributed by atoms with Crippen LogP contribution in [-0.4, -0.2) is 29.1 Å². The van der Waals surface area contributed by atoms with E-state index in [2.05, 4.69) is 34.6 Å². The van der Waals surface area contributed by atoms with E-state index in [1.54, 1.807) is 6.08 Å². The van der Waals surface area contributed by atoms with Crippen LogP contribution in [0, 0.1) is 46.3 Å². The quantitative estimate of drug-likeness (QED) is 0.561. The number of cyclic esters (lactones) is 1. The predicted octanol–water partition coefficient (Wildman–Crippen LogP) is 5.64.